The first-order valence-corrected chi connectivity index (χ1v) is 10.4. The van der Waals surface area contributed by atoms with Gasteiger partial charge in [0.2, 0.25) is 5.91 Å². The van der Waals surface area contributed by atoms with Gasteiger partial charge in [0.25, 0.3) is 0 Å². The van der Waals surface area contributed by atoms with Gasteiger partial charge in [0.15, 0.2) is 0 Å². The molecule has 1 aromatic rings. The molecule has 1 spiro atoms. The Kier molecular flexibility index (Phi) is 5.37. The highest BCUT2D eigenvalue weighted by Crippen LogP contribution is 2.41. The highest BCUT2D eigenvalue weighted by Gasteiger charge is 2.49. The van der Waals surface area contributed by atoms with E-state index >= 15 is 0 Å². The summed E-state index contributed by atoms with van der Waals surface area (Å²) in [5.41, 5.74) is -0.157. The van der Waals surface area contributed by atoms with Gasteiger partial charge in [-0.25, -0.2) is 0 Å². The molecule has 0 N–H and O–H groups in total. The lowest BCUT2D eigenvalue weighted by atomic mass is 9.77. The fraction of sp³-hybridized carbons (Fsp3) is 0.762. The fourth-order valence-electron chi connectivity index (χ4n) is 5.03. The number of nitrogens with zero attached hydrogens (tertiary/aromatic N) is 2. The normalized spacial score (nSPS) is 28.3. The maximum Gasteiger partial charge on any atom is 0.230 e. The molecule has 0 saturated carbocycles. The summed E-state index contributed by atoms with van der Waals surface area (Å²) < 4.78 is 11.4. The molecule has 0 radical (unpaired) electrons. The first-order valence-electron chi connectivity index (χ1n) is 10.4. The van der Waals surface area contributed by atoms with Crippen LogP contribution in [0.2, 0.25) is 0 Å². The number of hydrogen-bond acceptors (Lipinski definition) is 4. The van der Waals surface area contributed by atoms with Crippen molar-refractivity contribution in [3.8, 4) is 0 Å². The maximum atomic E-state index is 13.4. The molecule has 3 aliphatic rings. The molecule has 0 unspecified atom stereocenters. The second-order valence-corrected chi connectivity index (χ2v) is 8.30. The van der Waals surface area contributed by atoms with Crippen molar-refractivity contribution in [3.63, 3.8) is 0 Å². The second kappa shape index (κ2) is 7.73. The van der Waals surface area contributed by atoms with Gasteiger partial charge in [-0.3, -0.25) is 9.69 Å². The van der Waals surface area contributed by atoms with Crippen LogP contribution in [-0.4, -0.2) is 54.6 Å². The lowest BCUT2D eigenvalue weighted by molar-refractivity contribution is -0.150. The average Bonchev–Trinajstić information content (AvgIpc) is 3.27. The molecule has 4 heterocycles. The number of furan rings is 1. The Balaban J connectivity index is 1.39. The van der Waals surface area contributed by atoms with Crippen LogP contribution in [0.15, 0.2) is 16.5 Å². The van der Waals surface area contributed by atoms with Crippen molar-refractivity contribution < 1.29 is 13.9 Å². The number of carbonyl (C=O) groups excluding carboxylic acids is 1. The largest absolute Gasteiger partial charge is 0.465 e. The van der Waals surface area contributed by atoms with E-state index in [4.69, 9.17) is 9.15 Å². The van der Waals surface area contributed by atoms with E-state index in [1.165, 1.54) is 0 Å². The zero-order chi connectivity index (χ0) is 18.0. The van der Waals surface area contributed by atoms with E-state index in [1.54, 1.807) is 0 Å². The van der Waals surface area contributed by atoms with Crippen molar-refractivity contribution in [3.05, 3.63) is 23.7 Å². The summed E-state index contributed by atoms with van der Waals surface area (Å²) in [5, 5.41) is 0. The van der Waals surface area contributed by atoms with Gasteiger partial charge < -0.3 is 14.1 Å². The van der Waals surface area contributed by atoms with E-state index in [0.717, 1.165) is 95.9 Å². The number of carbonyl (C=O) groups is 1. The van der Waals surface area contributed by atoms with Crippen LogP contribution < -0.4 is 0 Å². The van der Waals surface area contributed by atoms with Gasteiger partial charge in [0.05, 0.1) is 12.0 Å². The lowest BCUT2D eigenvalue weighted by Crippen LogP contribution is -2.54. The van der Waals surface area contributed by atoms with E-state index in [1.807, 2.05) is 0 Å². The van der Waals surface area contributed by atoms with E-state index in [9.17, 15) is 4.79 Å². The Hall–Kier alpha value is -1.33. The molecule has 1 aromatic heterocycles. The maximum absolute atomic E-state index is 13.4. The van der Waals surface area contributed by atoms with Crippen molar-refractivity contribution in [2.24, 2.45) is 5.41 Å². The van der Waals surface area contributed by atoms with Crippen LogP contribution in [0.25, 0.3) is 0 Å². The van der Waals surface area contributed by atoms with Gasteiger partial charge >= 0.3 is 0 Å². The summed E-state index contributed by atoms with van der Waals surface area (Å²) >= 11 is 0. The highest BCUT2D eigenvalue weighted by atomic mass is 16.5. The number of likely N-dealkylation sites (tertiary alicyclic amines) is 2. The van der Waals surface area contributed by atoms with E-state index in [-0.39, 0.29) is 5.41 Å². The van der Waals surface area contributed by atoms with Gasteiger partial charge in [-0.05, 0) is 57.2 Å². The minimum atomic E-state index is -0.157. The van der Waals surface area contributed by atoms with Crippen molar-refractivity contribution in [1.29, 1.82) is 0 Å². The third-order valence-corrected chi connectivity index (χ3v) is 6.43. The highest BCUT2D eigenvalue weighted by molar-refractivity contribution is 5.84. The zero-order valence-electron chi connectivity index (χ0n) is 16.0. The van der Waals surface area contributed by atoms with E-state index < -0.39 is 0 Å². The molecule has 0 bridgehead atoms. The first kappa shape index (κ1) is 18.1. The molecule has 3 fully saturated rings. The van der Waals surface area contributed by atoms with Gasteiger partial charge in [-0.15, -0.1) is 0 Å². The molecule has 3 aliphatic heterocycles. The summed E-state index contributed by atoms with van der Waals surface area (Å²) in [6, 6.07) is 4.60. The Bertz CT molecular complexity index is 623. The SMILES string of the molecule is CCCc1ccc(CN2CC[C@@]3(CCCN(C4CCOCC4)C3=O)C2)o1. The minimum absolute atomic E-state index is 0.157. The van der Waals surface area contributed by atoms with Crippen LogP contribution in [0.1, 0.15) is 57.0 Å². The van der Waals surface area contributed by atoms with Crippen molar-refractivity contribution in [1.82, 2.24) is 9.80 Å². The molecule has 144 valence electrons. The summed E-state index contributed by atoms with van der Waals surface area (Å²) in [6.07, 6.45) is 7.28. The smallest absolute Gasteiger partial charge is 0.230 e. The Morgan fingerprint density at radius 1 is 1.15 bits per heavy atom. The molecule has 4 rings (SSSR count). The zero-order valence-corrected chi connectivity index (χ0v) is 16.0. The van der Waals surface area contributed by atoms with Crippen molar-refractivity contribution in [2.75, 3.05) is 32.8 Å². The Labute approximate surface area is 156 Å². The molecular formula is C21H32N2O3. The van der Waals surface area contributed by atoms with Gasteiger partial charge in [0.1, 0.15) is 11.5 Å². The number of rotatable bonds is 5. The molecule has 3 saturated heterocycles. The van der Waals surface area contributed by atoms with Gasteiger partial charge in [-0.2, -0.15) is 0 Å². The summed E-state index contributed by atoms with van der Waals surface area (Å²) in [4.78, 5) is 18.0. The van der Waals surface area contributed by atoms with Crippen LogP contribution in [0.3, 0.4) is 0 Å². The third-order valence-electron chi connectivity index (χ3n) is 6.43. The minimum Gasteiger partial charge on any atom is -0.465 e. The molecule has 0 aromatic carbocycles. The van der Waals surface area contributed by atoms with Crippen LogP contribution in [0.4, 0.5) is 0 Å². The quantitative estimate of drug-likeness (QED) is 0.809. The topological polar surface area (TPSA) is 45.9 Å². The predicted molar refractivity (Wildman–Crippen MR) is 99.8 cm³/mol. The monoisotopic (exact) mass is 360 g/mol. The van der Waals surface area contributed by atoms with Crippen LogP contribution >= 0.6 is 0 Å². The third kappa shape index (κ3) is 3.56. The number of piperidine rings is 1. The van der Waals surface area contributed by atoms with Crippen molar-refractivity contribution in [2.45, 2.75) is 64.5 Å². The molecule has 1 amide bonds. The Morgan fingerprint density at radius 3 is 2.77 bits per heavy atom. The number of amides is 1. The summed E-state index contributed by atoms with van der Waals surface area (Å²) in [6.45, 7) is 7.41. The van der Waals surface area contributed by atoms with Crippen molar-refractivity contribution >= 4 is 5.91 Å². The number of ether oxygens (including phenoxy) is 1. The fourth-order valence-corrected chi connectivity index (χ4v) is 5.03. The molecule has 5 nitrogen and oxygen atoms in total. The van der Waals surface area contributed by atoms with Crippen LogP contribution in [0.5, 0.6) is 0 Å². The lowest BCUT2D eigenvalue weighted by Gasteiger charge is -2.44. The number of aryl methyl sites for hydroxylation is 1. The van der Waals surface area contributed by atoms with E-state index in [2.05, 4.69) is 28.9 Å². The molecule has 0 aliphatic carbocycles. The molecular weight excluding hydrogens is 328 g/mol. The van der Waals surface area contributed by atoms with Crippen LogP contribution in [0, 0.1) is 5.41 Å². The molecule has 5 heteroatoms. The van der Waals surface area contributed by atoms with E-state index in [0.29, 0.717) is 11.9 Å². The van der Waals surface area contributed by atoms with Gasteiger partial charge in [-0.1, -0.05) is 6.92 Å². The standard InChI is InChI=1S/C21H32N2O3/c1-2-4-18-5-6-19(26-18)15-22-12-10-21(16-22)9-3-11-23(20(21)24)17-7-13-25-14-8-17/h5-6,17H,2-4,7-16H2,1H3/t21-/m0/s1. The second-order valence-electron chi connectivity index (χ2n) is 8.30. The van der Waals surface area contributed by atoms with Gasteiger partial charge in [0, 0.05) is 38.8 Å². The predicted octanol–water partition coefficient (Wildman–Crippen LogP) is 3.23. The number of hydrogen-bond donors (Lipinski definition) is 0. The summed E-state index contributed by atoms with van der Waals surface area (Å²) in [7, 11) is 0. The molecule has 26 heavy (non-hydrogen) atoms. The first-order chi connectivity index (χ1) is 12.7. The molecule has 1 atom stereocenters. The summed E-state index contributed by atoms with van der Waals surface area (Å²) in [5.74, 6) is 2.52. The van der Waals surface area contributed by atoms with Crippen LogP contribution in [-0.2, 0) is 22.5 Å². The Morgan fingerprint density at radius 2 is 1.96 bits per heavy atom. The average molecular weight is 360 g/mol.